The van der Waals surface area contributed by atoms with Crippen molar-refractivity contribution < 1.29 is 13.2 Å². The first kappa shape index (κ1) is 17.8. The van der Waals surface area contributed by atoms with Crippen molar-refractivity contribution in [3.63, 3.8) is 0 Å². The second-order valence-electron chi connectivity index (χ2n) is 6.23. The molecule has 0 spiro atoms. The summed E-state index contributed by atoms with van der Waals surface area (Å²) in [5, 5.41) is 6.70. The Hall–Kier alpha value is -2.03. The van der Waals surface area contributed by atoms with Crippen LogP contribution in [0.5, 0.6) is 0 Å². The van der Waals surface area contributed by atoms with Gasteiger partial charge in [-0.3, -0.25) is 14.8 Å². The normalized spacial score (nSPS) is 16.9. The second-order valence-corrected chi connectivity index (χ2v) is 8.11. The van der Waals surface area contributed by atoms with Crippen LogP contribution in [0.3, 0.4) is 0 Å². The Labute approximate surface area is 147 Å². The van der Waals surface area contributed by atoms with Crippen LogP contribution in [0.15, 0.2) is 35.2 Å². The summed E-state index contributed by atoms with van der Waals surface area (Å²) in [7, 11) is -3.56. The Bertz CT molecular complexity index is 834. The number of aryl methyl sites for hydroxylation is 2. The van der Waals surface area contributed by atoms with Gasteiger partial charge in [-0.1, -0.05) is 30.3 Å². The van der Waals surface area contributed by atoms with Gasteiger partial charge in [0.2, 0.25) is 10.0 Å². The average molecular weight is 362 g/mol. The van der Waals surface area contributed by atoms with E-state index in [-0.39, 0.29) is 10.7 Å². The predicted octanol–water partition coefficient (Wildman–Crippen LogP) is 1.22. The number of aromatic amines is 1. The number of Topliss-reactive ketones (excluding diaryl/α,β-unsaturated/α-hetero) is 1. The number of aromatic nitrogens is 2. The van der Waals surface area contributed by atoms with E-state index < -0.39 is 10.0 Å². The molecule has 1 aliphatic heterocycles. The topological polar surface area (TPSA) is 86.4 Å². The zero-order chi connectivity index (χ0) is 18.0. The number of piperazine rings is 1. The van der Waals surface area contributed by atoms with Crippen molar-refractivity contribution in [2.75, 3.05) is 32.7 Å². The fraction of sp³-hybridized carbons (Fsp3) is 0.412. The molecule has 0 aliphatic carbocycles. The molecule has 25 heavy (non-hydrogen) atoms. The molecule has 1 aromatic carbocycles. The lowest BCUT2D eigenvalue weighted by Crippen LogP contribution is -2.49. The Morgan fingerprint density at radius 1 is 1.12 bits per heavy atom. The van der Waals surface area contributed by atoms with Crippen LogP contribution in [0.2, 0.25) is 0 Å². The summed E-state index contributed by atoms with van der Waals surface area (Å²) in [6, 6.07) is 9.15. The van der Waals surface area contributed by atoms with Crippen molar-refractivity contribution in [2.24, 2.45) is 0 Å². The number of nitrogens with zero attached hydrogens (tertiary/aromatic N) is 3. The van der Waals surface area contributed by atoms with Gasteiger partial charge in [0, 0.05) is 31.7 Å². The highest BCUT2D eigenvalue weighted by Crippen LogP contribution is 2.22. The summed E-state index contributed by atoms with van der Waals surface area (Å²) in [5.74, 6) is 0.0541. The quantitative estimate of drug-likeness (QED) is 0.808. The number of nitrogens with one attached hydrogen (secondary N) is 1. The summed E-state index contributed by atoms with van der Waals surface area (Å²) < 4.78 is 27.1. The number of rotatable bonds is 5. The molecular formula is C17H22N4O3S. The third-order valence-electron chi connectivity index (χ3n) is 4.45. The average Bonchev–Trinajstić information content (AvgIpc) is 2.95. The van der Waals surface area contributed by atoms with Gasteiger partial charge in [-0.05, 0) is 13.8 Å². The highest BCUT2D eigenvalue weighted by atomic mass is 32.2. The fourth-order valence-electron chi connectivity index (χ4n) is 3.10. The van der Waals surface area contributed by atoms with Crippen LogP contribution in [0.1, 0.15) is 21.7 Å². The SMILES string of the molecule is Cc1n[nH]c(C)c1S(=O)(=O)N1CCN(CC(=O)c2ccccc2)CC1. The Morgan fingerprint density at radius 2 is 1.76 bits per heavy atom. The van der Waals surface area contributed by atoms with Crippen LogP contribution >= 0.6 is 0 Å². The van der Waals surface area contributed by atoms with Gasteiger partial charge in [0.25, 0.3) is 0 Å². The standard InChI is InChI=1S/C17H22N4O3S/c1-13-17(14(2)19-18-13)25(23,24)21-10-8-20(9-11-21)12-16(22)15-6-4-3-5-7-15/h3-7H,8-12H2,1-2H3,(H,18,19). The largest absolute Gasteiger partial charge is 0.293 e. The Morgan fingerprint density at radius 3 is 2.32 bits per heavy atom. The van der Waals surface area contributed by atoms with Crippen molar-refractivity contribution in [1.82, 2.24) is 19.4 Å². The lowest BCUT2D eigenvalue weighted by molar-refractivity contribution is 0.0901. The molecule has 1 saturated heterocycles. The number of carbonyl (C=O) groups excluding carboxylic acids is 1. The van der Waals surface area contributed by atoms with Crippen LogP contribution in [0, 0.1) is 13.8 Å². The smallest absolute Gasteiger partial charge is 0.246 e. The van der Waals surface area contributed by atoms with E-state index in [2.05, 4.69) is 10.2 Å². The Balaban J connectivity index is 1.63. The Kier molecular flexibility index (Phi) is 5.03. The van der Waals surface area contributed by atoms with Crippen molar-refractivity contribution >= 4 is 15.8 Å². The van der Waals surface area contributed by atoms with Gasteiger partial charge < -0.3 is 0 Å². The van der Waals surface area contributed by atoms with E-state index in [4.69, 9.17) is 0 Å². The lowest BCUT2D eigenvalue weighted by Gasteiger charge is -2.33. The predicted molar refractivity (Wildman–Crippen MR) is 94.0 cm³/mol. The van der Waals surface area contributed by atoms with Gasteiger partial charge in [0.15, 0.2) is 5.78 Å². The van der Waals surface area contributed by atoms with Crippen LogP contribution < -0.4 is 0 Å². The fourth-order valence-corrected chi connectivity index (χ4v) is 4.85. The van der Waals surface area contributed by atoms with Crippen molar-refractivity contribution in [3.8, 4) is 0 Å². The maximum Gasteiger partial charge on any atom is 0.246 e. The van der Waals surface area contributed by atoms with Gasteiger partial charge in [-0.2, -0.15) is 9.40 Å². The molecule has 0 bridgehead atoms. The highest BCUT2D eigenvalue weighted by Gasteiger charge is 2.32. The third-order valence-corrected chi connectivity index (χ3v) is 6.62. The molecule has 3 rings (SSSR count). The summed E-state index contributed by atoms with van der Waals surface area (Å²) in [6.45, 7) is 5.51. The van der Waals surface area contributed by atoms with E-state index in [1.807, 2.05) is 23.1 Å². The molecular weight excluding hydrogens is 340 g/mol. The number of ketones is 1. The molecule has 0 saturated carbocycles. The molecule has 8 heteroatoms. The zero-order valence-corrected chi connectivity index (χ0v) is 15.2. The number of hydrogen-bond donors (Lipinski definition) is 1. The van der Waals surface area contributed by atoms with E-state index >= 15 is 0 Å². The maximum atomic E-state index is 12.8. The molecule has 1 aliphatic rings. The number of carbonyl (C=O) groups is 1. The number of sulfonamides is 1. The summed E-state index contributed by atoms with van der Waals surface area (Å²) in [4.78, 5) is 14.5. The minimum absolute atomic E-state index is 0.0541. The summed E-state index contributed by atoms with van der Waals surface area (Å²) in [6.07, 6.45) is 0. The summed E-state index contributed by atoms with van der Waals surface area (Å²) in [5.41, 5.74) is 1.72. The van der Waals surface area contributed by atoms with E-state index in [9.17, 15) is 13.2 Å². The molecule has 0 unspecified atom stereocenters. The number of H-pyrrole nitrogens is 1. The van der Waals surface area contributed by atoms with E-state index in [1.54, 1.807) is 26.0 Å². The molecule has 134 valence electrons. The summed E-state index contributed by atoms with van der Waals surface area (Å²) >= 11 is 0. The number of hydrogen-bond acceptors (Lipinski definition) is 5. The minimum Gasteiger partial charge on any atom is -0.293 e. The van der Waals surface area contributed by atoms with Gasteiger partial charge in [0.1, 0.15) is 4.90 Å². The highest BCUT2D eigenvalue weighted by molar-refractivity contribution is 7.89. The van der Waals surface area contributed by atoms with Gasteiger partial charge in [-0.15, -0.1) is 0 Å². The molecule has 0 radical (unpaired) electrons. The zero-order valence-electron chi connectivity index (χ0n) is 14.4. The molecule has 2 heterocycles. The molecule has 7 nitrogen and oxygen atoms in total. The van der Waals surface area contributed by atoms with Gasteiger partial charge in [-0.25, -0.2) is 8.42 Å². The molecule has 0 atom stereocenters. The van der Waals surface area contributed by atoms with Gasteiger partial charge >= 0.3 is 0 Å². The molecule has 1 fully saturated rings. The lowest BCUT2D eigenvalue weighted by atomic mass is 10.1. The van der Waals surface area contributed by atoms with Crippen molar-refractivity contribution in [3.05, 3.63) is 47.3 Å². The van der Waals surface area contributed by atoms with Crippen LogP contribution in [0.25, 0.3) is 0 Å². The first-order valence-corrected chi connectivity index (χ1v) is 9.66. The second kappa shape index (κ2) is 7.07. The first-order chi connectivity index (χ1) is 11.9. The van der Waals surface area contributed by atoms with E-state index in [1.165, 1.54) is 4.31 Å². The molecule has 2 aromatic rings. The van der Waals surface area contributed by atoms with Crippen molar-refractivity contribution in [2.45, 2.75) is 18.7 Å². The van der Waals surface area contributed by atoms with Crippen LogP contribution in [-0.4, -0.2) is 66.3 Å². The van der Waals surface area contributed by atoms with Crippen LogP contribution in [-0.2, 0) is 10.0 Å². The van der Waals surface area contributed by atoms with E-state index in [0.717, 1.165) is 0 Å². The molecule has 0 amide bonds. The number of benzene rings is 1. The van der Waals surface area contributed by atoms with Crippen molar-refractivity contribution in [1.29, 1.82) is 0 Å². The monoisotopic (exact) mass is 362 g/mol. The van der Waals surface area contributed by atoms with Gasteiger partial charge in [0.05, 0.1) is 17.9 Å². The first-order valence-electron chi connectivity index (χ1n) is 8.22. The van der Waals surface area contributed by atoms with Crippen LogP contribution in [0.4, 0.5) is 0 Å². The third kappa shape index (κ3) is 3.65. The molecule has 1 aromatic heterocycles. The van der Waals surface area contributed by atoms with E-state index in [0.29, 0.717) is 49.7 Å². The minimum atomic E-state index is -3.56. The maximum absolute atomic E-state index is 12.8. The molecule has 1 N–H and O–H groups in total.